The summed E-state index contributed by atoms with van der Waals surface area (Å²) in [5.41, 5.74) is 12.7. The summed E-state index contributed by atoms with van der Waals surface area (Å²) < 4.78 is 0. The predicted octanol–water partition coefficient (Wildman–Crippen LogP) is 9.85. The third kappa shape index (κ3) is 3.77. The summed E-state index contributed by atoms with van der Waals surface area (Å²) in [5, 5.41) is 5.57. The van der Waals surface area contributed by atoms with Crippen LogP contribution in [0.25, 0.3) is 77.3 Å². The van der Waals surface area contributed by atoms with Gasteiger partial charge in [-0.05, 0) is 32.9 Å². The molecule has 8 rings (SSSR count). The van der Waals surface area contributed by atoms with Crippen molar-refractivity contribution in [2.45, 2.75) is 20.8 Å². The maximum absolute atomic E-state index is 5.39. The Morgan fingerprint density at radius 2 is 0.976 bits per heavy atom. The Kier molecular flexibility index (Phi) is 5.17. The molecule has 41 heavy (non-hydrogen) atoms. The molecule has 194 valence electrons. The molecule has 0 saturated heterocycles. The molecule has 0 aliphatic heterocycles. The van der Waals surface area contributed by atoms with Crippen molar-refractivity contribution < 1.29 is 0 Å². The van der Waals surface area contributed by atoms with Gasteiger partial charge in [-0.2, -0.15) is 0 Å². The second kappa shape index (κ2) is 8.94. The summed E-state index contributed by atoms with van der Waals surface area (Å²) in [4.78, 5) is 15.9. The third-order valence-electron chi connectivity index (χ3n) is 8.21. The molecular formula is C38H27N3. The highest BCUT2D eigenvalue weighted by Crippen LogP contribution is 2.43. The molecule has 3 heteroatoms. The number of rotatable bonds is 3. The lowest BCUT2D eigenvalue weighted by atomic mass is 9.92. The molecule has 0 spiro atoms. The molecule has 0 atom stereocenters. The van der Waals surface area contributed by atoms with Crippen LogP contribution in [-0.4, -0.2) is 15.0 Å². The van der Waals surface area contributed by atoms with Gasteiger partial charge >= 0.3 is 0 Å². The van der Waals surface area contributed by atoms with Crippen molar-refractivity contribution in [1.82, 2.24) is 15.0 Å². The number of nitrogens with zero attached hydrogens (tertiary/aromatic N) is 3. The Bertz CT molecular complexity index is 2230. The fraction of sp³-hybridized carbons (Fsp3) is 0.0789. The van der Waals surface area contributed by atoms with Gasteiger partial charge in [0.1, 0.15) is 5.52 Å². The van der Waals surface area contributed by atoms with E-state index in [4.69, 9.17) is 15.0 Å². The number of aryl methyl sites for hydroxylation is 3. The van der Waals surface area contributed by atoms with E-state index in [0.717, 1.165) is 71.9 Å². The normalized spacial score (nSPS) is 11.8. The molecule has 0 radical (unpaired) electrons. The summed E-state index contributed by atoms with van der Waals surface area (Å²) in [6.45, 7) is 6.34. The van der Waals surface area contributed by atoms with Crippen molar-refractivity contribution in [2.24, 2.45) is 0 Å². The van der Waals surface area contributed by atoms with Crippen LogP contribution in [0.15, 0.2) is 109 Å². The van der Waals surface area contributed by atoms with E-state index < -0.39 is 0 Å². The van der Waals surface area contributed by atoms with Gasteiger partial charge in [0, 0.05) is 43.6 Å². The Morgan fingerprint density at radius 1 is 0.439 bits per heavy atom. The summed E-state index contributed by atoms with van der Waals surface area (Å²) in [7, 11) is 0. The third-order valence-corrected chi connectivity index (χ3v) is 8.21. The number of fused-ring (bicyclic) bond motifs is 2. The molecule has 0 N–H and O–H groups in total. The van der Waals surface area contributed by atoms with Crippen LogP contribution in [0.1, 0.15) is 16.7 Å². The SMILES string of the molecule is Cc1ccc(-c2ccc3cc4nc(-c5ccc(C)cc5)c5cccc6c(-c7ccc(C)cc7)nc(c3n2)c4c56)cc1. The first-order valence-electron chi connectivity index (χ1n) is 14.0. The van der Waals surface area contributed by atoms with E-state index in [1.54, 1.807) is 0 Å². The van der Waals surface area contributed by atoms with E-state index in [1.165, 1.54) is 22.1 Å². The van der Waals surface area contributed by atoms with Gasteiger partial charge < -0.3 is 0 Å². The molecule has 0 saturated carbocycles. The van der Waals surface area contributed by atoms with Crippen LogP contribution in [0.4, 0.5) is 0 Å². The number of aromatic nitrogens is 3. The van der Waals surface area contributed by atoms with Gasteiger partial charge in [0.2, 0.25) is 0 Å². The Morgan fingerprint density at radius 3 is 1.56 bits per heavy atom. The lowest BCUT2D eigenvalue weighted by molar-refractivity contribution is 1.36. The maximum atomic E-state index is 5.39. The fourth-order valence-corrected chi connectivity index (χ4v) is 6.00. The minimum absolute atomic E-state index is 0.897. The van der Waals surface area contributed by atoms with Crippen LogP contribution in [-0.2, 0) is 0 Å². The van der Waals surface area contributed by atoms with Gasteiger partial charge in [0.15, 0.2) is 0 Å². The largest absolute Gasteiger partial charge is 0.247 e. The quantitative estimate of drug-likeness (QED) is 0.170. The standard InChI is InChI=1S/C38H27N3/c1-22-7-13-25(14-8-22)31-20-19-28-21-32-34-33-29(35(40-32)26-15-9-23(2)10-16-26)5-4-6-30(33)36(41-38(34)37(28)39-31)27-17-11-24(3)12-18-27/h4-21H,1-3H3. The van der Waals surface area contributed by atoms with E-state index in [9.17, 15) is 0 Å². The van der Waals surface area contributed by atoms with Crippen LogP contribution in [0.2, 0.25) is 0 Å². The molecule has 0 amide bonds. The van der Waals surface area contributed by atoms with Gasteiger partial charge in [-0.1, -0.05) is 114 Å². The van der Waals surface area contributed by atoms with E-state index in [2.05, 4.69) is 130 Å². The first-order valence-corrected chi connectivity index (χ1v) is 14.0. The lowest BCUT2D eigenvalue weighted by Gasteiger charge is -2.18. The molecule has 5 aromatic carbocycles. The predicted molar refractivity (Wildman–Crippen MR) is 172 cm³/mol. The van der Waals surface area contributed by atoms with Crippen molar-refractivity contribution in [3.05, 3.63) is 126 Å². The van der Waals surface area contributed by atoms with Crippen LogP contribution in [0.3, 0.4) is 0 Å². The van der Waals surface area contributed by atoms with E-state index >= 15 is 0 Å². The highest BCUT2D eigenvalue weighted by molar-refractivity contribution is 6.30. The first kappa shape index (κ1) is 23.7. The van der Waals surface area contributed by atoms with Gasteiger partial charge in [-0.25, -0.2) is 15.0 Å². The van der Waals surface area contributed by atoms with E-state index in [-0.39, 0.29) is 0 Å². The second-order valence-corrected chi connectivity index (χ2v) is 11.1. The number of benzene rings is 5. The zero-order valence-electron chi connectivity index (χ0n) is 23.2. The van der Waals surface area contributed by atoms with Crippen LogP contribution >= 0.6 is 0 Å². The Hall–Kier alpha value is -5.15. The summed E-state index contributed by atoms with van der Waals surface area (Å²) in [5.74, 6) is 0. The average Bonchev–Trinajstić information content (AvgIpc) is 3.00. The molecule has 3 heterocycles. The maximum Gasteiger partial charge on any atom is 0.100 e. The zero-order chi connectivity index (χ0) is 27.7. The van der Waals surface area contributed by atoms with Crippen molar-refractivity contribution >= 4 is 43.5 Å². The van der Waals surface area contributed by atoms with Crippen molar-refractivity contribution in [2.75, 3.05) is 0 Å². The molecule has 8 aromatic rings. The average molecular weight is 526 g/mol. The van der Waals surface area contributed by atoms with Crippen LogP contribution in [0, 0.1) is 20.8 Å². The van der Waals surface area contributed by atoms with Crippen molar-refractivity contribution in [1.29, 1.82) is 0 Å². The highest BCUT2D eigenvalue weighted by atomic mass is 14.8. The van der Waals surface area contributed by atoms with Crippen molar-refractivity contribution in [3.63, 3.8) is 0 Å². The molecule has 0 unspecified atom stereocenters. The van der Waals surface area contributed by atoms with Gasteiger partial charge in [-0.15, -0.1) is 0 Å². The van der Waals surface area contributed by atoms with Crippen molar-refractivity contribution in [3.8, 4) is 33.8 Å². The number of hydrogen-bond acceptors (Lipinski definition) is 3. The van der Waals surface area contributed by atoms with Gasteiger partial charge in [-0.3, -0.25) is 0 Å². The Labute approximate surface area is 238 Å². The number of hydrogen-bond donors (Lipinski definition) is 0. The van der Waals surface area contributed by atoms with E-state index in [0.29, 0.717) is 0 Å². The molecule has 3 nitrogen and oxygen atoms in total. The minimum Gasteiger partial charge on any atom is -0.247 e. The Balaban J connectivity index is 1.53. The second-order valence-electron chi connectivity index (χ2n) is 11.1. The van der Waals surface area contributed by atoms with Crippen LogP contribution in [0.5, 0.6) is 0 Å². The van der Waals surface area contributed by atoms with Gasteiger partial charge in [0.25, 0.3) is 0 Å². The summed E-state index contributed by atoms with van der Waals surface area (Å²) in [6, 6.07) is 38.8. The highest BCUT2D eigenvalue weighted by Gasteiger charge is 2.21. The molecule has 0 bridgehead atoms. The minimum atomic E-state index is 0.897. The smallest absolute Gasteiger partial charge is 0.100 e. The summed E-state index contributed by atoms with van der Waals surface area (Å²) >= 11 is 0. The zero-order valence-corrected chi connectivity index (χ0v) is 23.2. The topological polar surface area (TPSA) is 38.7 Å². The monoisotopic (exact) mass is 525 g/mol. The fourth-order valence-electron chi connectivity index (χ4n) is 6.00. The number of pyridine rings is 3. The molecule has 0 aliphatic rings. The molecule has 3 aromatic heterocycles. The first-order chi connectivity index (χ1) is 20.0. The van der Waals surface area contributed by atoms with Gasteiger partial charge in [0.05, 0.1) is 28.1 Å². The van der Waals surface area contributed by atoms with E-state index in [1.807, 2.05) is 0 Å². The molecule has 0 aliphatic carbocycles. The molecular weight excluding hydrogens is 498 g/mol. The lowest BCUT2D eigenvalue weighted by Crippen LogP contribution is -1.98. The van der Waals surface area contributed by atoms with Crippen LogP contribution < -0.4 is 0 Å². The summed E-state index contributed by atoms with van der Waals surface area (Å²) in [6.07, 6.45) is 0. The molecule has 0 fully saturated rings.